The molecule has 0 aromatic heterocycles. The minimum absolute atomic E-state index is 0.0623. The Morgan fingerprint density at radius 3 is 1.15 bits per heavy atom. The predicted octanol–water partition coefficient (Wildman–Crippen LogP) is 12.4. The molecule has 0 saturated carbocycles. The summed E-state index contributed by atoms with van der Waals surface area (Å²) in [5, 5.41) is -0.125. The smallest absolute Gasteiger partial charge is 0.330 e. The summed E-state index contributed by atoms with van der Waals surface area (Å²) in [5.41, 5.74) is 9.04. The summed E-state index contributed by atoms with van der Waals surface area (Å²) in [7, 11) is 0. The van der Waals surface area contributed by atoms with E-state index in [0.29, 0.717) is 61.9 Å². The zero-order valence-electron chi connectivity index (χ0n) is 38.0. The van der Waals surface area contributed by atoms with Crippen molar-refractivity contribution in [3.8, 4) is 46.3 Å². The molecule has 0 heterocycles. The van der Waals surface area contributed by atoms with Gasteiger partial charge >= 0.3 is 11.9 Å². The highest BCUT2D eigenvalue weighted by Gasteiger charge is 2.11. The first-order chi connectivity index (χ1) is 33.1. The van der Waals surface area contributed by atoms with Gasteiger partial charge in [-0.05, 0) is 207 Å². The average molecular weight is 939 g/mol. The van der Waals surface area contributed by atoms with Crippen molar-refractivity contribution in [2.45, 2.75) is 49.3 Å². The summed E-state index contributed by atoms with van der Waals surface area (Å²) >= 11 is 2.31. The topological polar surface area (TPSA) is 105 Å². The van der Waals surface area contributed by atoms with E-state index in [4.69, 9.17) is 18.9 Å². The molecule has 0 amide bonds. The van der Waals surface area contributed by atoms with Gasteiger partial charge in [0.1, 0.15) is 11.5 Å². The number of esters is 2. The molecule has 0 atom stereocenters. The van der Waals surface area contributed by atoms with Crippen LogP contribution >= 0.6 is 23.5 Å². The Balaban J connectivity index is 0.952. The van der Waals surface area contributed by atoms with Gasteiger partial charge in [0.2, 0.25) is 10.2 Å². The van der Waals surface area contributed by atoms with Crippen molar-refractivity contribution in [3.05, 3.63) is 203 Å². The maximum absolute atomic E-state index is 13.0. The van der Waals surface area contributed by atoms with Crippen molar-refractivity contribution >= 4 is 45.7 Å². The molecule has 68 heavy (non-hydrogen) atoms. The van der Waals surface area contributed by atoms with Crippen LogP contribution in [-0.4, -0.2) is 48.6 Å². The Bertz CT molecular complexity index is 2660. The van der Waals surface area contributed by atoms with Gasteiger partial charge in [-0.2, -0.15) is 0 Å². The minimum Gasteiger partial charge on any atom is -0.494 e. The molecule has 0 aliphatic carbocycles. The molecule has 0 N–H and O–H groups in total. The number of ether oxygens (including phenoxy) is 4. The fourth-order valence-corrected chi connectivity index (χ4v) is 8.03. The Morgan fingerprint density at radius 1 is 0.456 bits per heavy atom. The van der Waals surface area contributed by atoms with Gasteiger partial charge in [0.15, 0.2) is 0 Å². The predicted molar refractivity (Wildman–Crippen MR) is 271 cm³/mol. The average Bonchev–Trinajstić information content (AvgIpc) is 3.36. The third-order valence-corrected chi connectivity index (χ3v) is 12.0. The van der Waals surface area contributed by atoms with Gasteiger partial charge in [0.05, 0.1) is 26.4 Å². The van der Waals surface area contributed by atoms with Crippen LogP contribution in [0.3, 0.4) is 0 Å². The lowest BCUT2D eigenvalue weighted by molar-refractivity contribution is -0.138. The number of unbranched alkanes of at least 4 members (excludes halogenated alkanes) is 2. The lowest BCUT2D eigenvalue weighted by Crippen LogP contribution is -2.04. The van der Waals surface area contributed by atoms with Gasteiger partial charge in [-0.25, -0.2) is 9.59 Å². The van der Waals surface area contributed by atoms with Crippen LogP contribution in [0.1, 0.15) is 79.8 Å². The highest BCUT2D eigenvalue weighted by molar-refractivity contribution is 8.14. The van der Waals surface area contributed by atoms with Gasteiger partial charge < -0.3 is 18.9 Å². The van der Waals surface area contributed by atoms with Gasteiger partial charge in [-0.1, -0.05) is 49.0 Å². The monoisotopic (exact) mass is 938 g/mol. The van der Waals surface area contributed by atoms with Crippen molar-refractivity contribution in [2.24, 2.45) is 0 Å². The number of hydrogen-bond acceptors (Lipinski definition) is 10. The maximum Gasteiger partial charge on any atom is 0.330 e. The first kappa shape index (κ1) is 49.9. The summed E-state index contributed by atoms with van der Waals surface area (Å²) in [5.74, 6) is 13.6. The molecule has 6 aromatic rings. The molecular formula is C58H50O8S2. The highest BCUT2D eigenvalue weighted by atomic mass is 32.2. The molecule has 0 aliphatic rings. The first-order valence-corrected chi connectivity index (χ1v) is 23.6. The molecule has 0 fully saturated rings. The Labute approximate surface area is 407 Å². The Kier molecular flexibility index (Phi) is 19.1. The van der Waals surface area contributed by atoms with Gasteiger partial charge in [0.25, 0.3) is 0 Å². The standard InChI is InChI=1S/C58H50O8S2/c1-5-55(59)65-37-9-7-35-63-49-25-29-51(30-26-49)67-57(61)47-21-15-43(16-22-47)11-13-45-19-33-53(41(3)39-45)54-34-20-46(40-42(54)4)14-12-44-17-23-48(24-18-44)58(62)68-52-31-27-50(28-32-52)64-36-8-10-38-66-56(60)6-2/h5-6,15-34,39-40H,1-2,7-10,35-38H2,3-4H3. The lowest BCUT2D eigenvalue weighted by Gasteiger charge is -2.10. The first-order valence-electron chi connectivity index (χ1n) is 22.0. The van der Waals surface area contributed by atoms with E-state index < -0.39 is 11.9 Å². The van der Waals surface area contributed by atoms with Crippen LogP contribution in [0, 0.1) is 37.5 Å². The SMILES string of the molecule is C=CC(=O)OCCCCOc1ccc(SC(=O)c2ccc(C#Cc3ccc(-c4ccc(C#Cc5ccc(C(=O)Sc6ccc(OCCCCOC(=O)C=C)cc6)cc5)cc4C)c(C)c3)cc2)cc1. The highest BCUT2D eigenvalue weighted by Crippen LogP contribution is 2.29. The van der Waals surface area contributed by atoms with Crippen LogP contribution in [0.25, 0.3) is 11.1 Å². The normalized spacial score (nSPS) is 10.3. The Hall–Kier alpha value is -7.50. The van der Waals surface area contributed by atoms with E-state index in [1.165, 1.54) is 0 Å². The third-order valence-electron chi connectivity index (χ3n) is 10.2. The summed E-state index contributed by atoms with van der Waals surface area (Å²) < 4.78 is 21.4. The largest absolute Gasteiger partial charge is 0.494 e. The summed E-state index contributed by atoms with van der Waals surface area (Å²) in [4.78, 5) is 49.8. The van der Waals surface area contributed by atoms with Gasteiger partial charge in [-0.3, -0.25) is 9.59 Å². The van der Waals surface area contributed by atoms with Crippen molar-refractivity contribution in [1.29, 1.82) is 0 Å². The van der Waals surface area contributed by atoms with Crippen molar-refractivity contribution in [1.82, 2.24) is 0 Å². The molecule has 0 aliphatic heterocycles. The van der Waals surface area contributed by atoms with Crippen LogP contribution in [0.4, 0.5) is 0 Å². The van der Waals surface area contributed by atoms with Crippen molar-refractivity contribution < 1.29 is 38.1 Å². The zero-order valence-corrected chi connectivity index (χ0v) is 39.6. The number of thioether (sulfide) groups is 2. The third kappa shape index (κ3) is 15.8. The molecule has 0 spiro atoms. The maximum atomic E-state index is 13.0. The molecule has 0 unspecified atom stereocenters. The summed E-state index contributed by atoms with van der Waals surface area (Å²) in [6, 6.07) is 41.9. The molecular weight excluding hydrogens is 889 g/mol. The van der Waals surface area contributed by atoms with Crippen LogP contribution in [-0.2, 0) is 19.1 Å². The fraction of sp³-hybridized carbons (Fsp3) is 0.172. The second kappa shape index (κ2) is 26.0. The van der Waals surface area contributed by atoms with Crippen LogP contribution in [0.2, 0.25) is 0 Å². The Morgan fingerprint density at radius 2 is 0.794 bits per heavy atom. The molecule has 0 radical (unpaired) electrons. The molecule has 342 valence electrons. The summed E-state index contributed by atoms with van der Waals surface area (Å²) in [6.07, 6.45) is 5.17. The number of rotatable bonds is 19. The van der Waals surface area contributed by atoms with Crippen molar-refractivity contribution in [3.63, 3.8) is 0 Å². The van der Waals surface area contributed by atoms with Crippen LogP contribution in [0.15, 0.2) is 169 Å². The van der Waals surface area contributed by atoms with Crippen LogP contribution < -0.4 is 9.47 Å². The van der Waals surface area contributed by atoms with E-state index in [9.17, 15) is 19.2 Å². The number of hydrogen-bond donors (Lipinski definition) is 0. The van der Waals surface area contributed by atoms with E-state index >= 15 is 0 Å². The fourth-order valence-electron chi connectivity index (χ4n) is 6.55. The lowest BCUT2D eigenvalue weighted by atomic mass is 9.94. The van der Waals surface area contributed by atoms with E-state index in [-0.39, 0.29) is 10.2 Å². The minimum atomic E-state index is -0.426. The van der Waals surface area contributed by atoms with Crippen LogP contribution in [0.5, 0.6) is 11.5 Å². The molecule has 8 nitrogen and oxygen atoms in total. The van der Waals surface area contributed by atoms with Crippen molar-refractivity contribution in [2.75, 3.05) is 26.4 Å². The second-order valence-corrected chi connectivity index (χ2v) is 17.4. The molecule has 6 rings (SSSR count). The second-order valence-electron chi connectivity index (χ2n) is 15.3. The number of carbonyl (C=O) groups is 4. The molecule has 6 aromatic carbocycles. The molecule has 10 heteroatoms. The molecule has 0 saturated heterocycles. The van der Waals surface area contributed by atoms with E-state index in [1.807, 2.05) is 84.9 Å². The van der Waals surface area contributed by atoms with E-state index in [2.05, 4.69) is 75.0 Å². The number of aryl methyl sites for hydroxylation is 2. The molecule has 0 bridgehead atoms. The number of benzene rings is 6. The number of carbonyl (C=O) groups excluding carboxylic acids is 4. The zero-order chi connectivity index (χ0) is 48.1. The van der Waals surface area contributed by atoms with Gasteiger partial charge in [-0.15, -0.1) is 0 Å². The van der Waals surface area contributed by atoms with E-state index in [0.717, 1.165) is 103 Å². The van der Waals surface area contributed by atoms with E-state index in [1.54, 1.807) is 24.3 Å². The summed E-state index contributed by atoms with van der Waals surface area (Å²) in [6.45, 7) is 12.6. The van der Waals surface area contributed by atoms with Gasteiger partial charge in [0, 0.05) is 55.3 Å². The quantitative estimate of drug-likeness (QED) is 0.0256.